The first-order valence-electron chi connectivity index (χ1n) is 5.17. The van der Waals surface area contributed by atoms with E-state index in [9.17, 15) is 0 Å². The quantitative estimate of drug-likeness (QED) is 0.727. The first-order chi connectivity index (χ1) is 7.48. The number of pyridine rings is 1. The van der Waals surface area contributed by atoms with Crippen LogP contribution in [0.15, 0.2) is 18.5 Å². The summed E-state index contributed by atoms with van der Waals surface area (Å²) in [6.45, 7) is 6.47. The Hall–Kier alpha value is -1.78. The van der Waals surface area contributed by atoms with Crippen molar-refractivity contribution >= 4 is 0 Å². The molecular weight excluding hydrogens is 202 g/mol. The average Bonchev–Trinajstić information content (AvgIpc) is 2.63. The van der Waals surface area contributed by atoms with Gasteiger partial charge in [0.05, 0.1) is 0 Å². The molecular formula is C11H15N5. The first-order valence-corrected chi connectivity index (χ1v) is 5.17. The fourth-order valence-electron chi connectivity index (χ4n) is 1.45. The summed E-state index contributed by atoms with van der Waals surface area (Å²) in [5.74, 6) is 0.735. The molecule has 0 aliphatic rings. The van der Waals surface area contributed by atoms with Crippen molar-refractivity contribution in [3.63, 3.8) is 0 Å². The molecule has 0 N–H and O–H groups in total. The van der Waals surface area contributed by atoms with Crippen molar-refractivity contribution in [3.05, 3.63) is 24.0 Å². The van der Waals surface area contributed by atoms with Gasteiger partial charge in [-0.3, -0.25) is 4.98 Å². The summed E-state index contributed by atoms with van der Waals surface area (Å²) >= 11 is 0. The second-order valence-electron chi connectivity index (χ2n) is 4.84. The molecule has 0 atom stereocenters. The lowest BCUT2D eigenvalue weighted by atomic mass is 9.87. The van der Waals surface area contributed by atoms with Crippen molar-refractivity contribution in [1.82, 2.24) is 25.2 Å². The maximum Gasteiger partial charge on any atom is 0.183 e. The van der Waals surface area contributed by atoms with Gasteiger partial charge < -0.3 is 0 Å². The summed E-state index contributed by atoms with van der Waals surface area (Å²) in [5, 5.41) is 11.4. The molecule has 0 amide bonds. The van der Waals surface area contributed by atoms with Crippen LogP contribution in [0.2, 0.25) is 0 Å². The molecule has 0 spiro atoms. The number of tetrazole rings is 1. The minimum absolute atomic E-state index is 0.0784. The van der Waals surface area contributed by atoms with E-state index in [0.717, 1.165) is 11.4 Å². The summed E-state index contributed by atoms with van der Waals surface area (Å²) in [5.41, 5.74) is 2.20. The Labute approximate surface area is 94.5 Å². The average molecular weight is 217 g/mol. The van der Waals surface area contributed by atoms with Crippen LogP contribution in [0.25, 0.3) is 11.4 Å². The van der Waals surface area contributed by atoms with Gasteiger partial charge in [0.15, 0.2) is 5.82 Å². The van der Waals surface area contributed by atoms with E-state index in [1.54, 1.807) is 10.9 Å². The largest absolute Gasteiger partial charge is 0.264 e. The Kier molecular flexibility index (Phi) is 2.46. The van der Waals surface area contributed by atoms with E-state index in [-0.39, 0.29) is 5.41 Å². The molecule has 2 rings (SSSR count). The monoisotopic (exact) mass is 217 g/mol. The molecule has 2 aromatic heterocycles. The fraction of sp³-hybridized carbons (Fsp3) is 0.455. The molecule has 2 aromatic rings. The molecule has 0 aliphatic heterocycles. The zero-order valence-electron chi connectivity index (χ0n) is 9.97. The predicted molar refractivity (Wildman–Crippen MR) is 60.7 cm³/mol. The highest BCUT2D eigenvalue weighted by molar-refractivity contribution is 5.54. The van der Waals surface area contributed by atoms with E-state index >= 15 is 0 Å². The molecule has 5 nitrogen and oxygen atoms in total. The Morgan fingerprint density at radius 2 is 1.94 bits per heavy atom. The van der Waals surface area contributed by atoms with Crippen LogP contribution in [0.1, 0.15) is 26.3 Å². The van der Waals surface area contributed by atoms with Crippen LogP contribution in [0.4, 0.5) is 0 Å². The van der Waals surface area contributed by atoms with Crippen LogP contribution in [-0.2, 0) is 12.5 Å². The highest BCUT2D eigenvalue weighted by Gasteiger charge is 2.16. The lowest BCUT2D eigenvalue weighted by Gasteiger charge is -2.18. The number of aryl methyl sites for hydroxylation is 1. The van der Waals surface area contributed by atoms with Crippen LogP contribution in [0, 0.1) is 0 Å². The van der Waals surface area contributed by atoms with Crippen molar-refractivity contribution in [2.45, 2.75) is 26.2 Å². The lowest BCUT2D eigenvalue weighted by Crippen LogP contribution is -2.11. The van der Waals surface area contributed by atoms with Crippen LogP contribution < -0.4 is 0 Å². The van der Waals surface area contributed by atoms with Gasteiger partial charge in [-0.25, -0.2) is 4.68 Å². The number of hydrogen-bond acceptors (Lipinski definition) is 4. The lowest BCUT2D eigenvalue weighted by molar-refractivity contribution is 0.587. The molecule has 0 saturated carbocycles. The molecule has 2 heterocycles. The molecule has 0 fully saturated rings. The van der Waals surface area contributed by atoms with Crippen molar-refractivity contribution < 1.29 is 0 Å². The van der Waals surface area contributed by atoms with Crippen LogP contribution in [0.5, 0.6) is 0 Å². The Morgan fingerprint density at radius 1 is 1.19 bits per heavy atom. The molecule has 0 bridgehead atoms. The Bertz CT molecular complexity index is 495. The topological polar surface area (TPSA) is 56.5 Å². The number of aromatic nitrogens is 5. The van der Waals surface area contributed by atoms with Crippen LogP contribution in [0.3, 0.4) is 0 Å². The van der Waals surface area contributed by atoms with Gasteiger partial charge in [0.2, 0.25) is 0 Å². The molecule has 16 heavy (non-hydrogen) atoms. The Morgan fingerprint density at radius 3 is 2.50 bits per heavy atom. The van der Waals surface area contributed by atoms with Gasteiger partial charge in [0, 0.05) is 25.0 Å². The number of nitrogens with zero attached hydrogens (tertiary/aromatic N) is 5. The first kappa shape index (κ1) is 10.7. The fourth-order valence-corrected chi connectivity index (χ4v) is 1.45. The SMILES string of the molecule is Cn1nnnc1-c1cncc(C(C)(C)C)c1. The maximum absolute atomic E-state index is 4.24. The molecule has 84 valence electrons. The smallest absolute Gasteiger partial charge is 0.183 e. The highest BCUT2D eigenvalue weighted by atomic mass is 15.5. The zero-order chi connectivity index (χ0) is 11.8. The van der Waals surface area contributed by atoms with Gasteiger partial charge in [-0.2, -0.15) is 0 Å². The van der Waals surface area contributed by atoms with E-state index in [0.29, 0.717) is 0 Å². The standard InChI is InChI=1S/C11H15N5/c1-11(2,3)9-5-8(6-12-7-9)10-13-14-15-16(10)4/h5-7H,1-4H3. The van der Waals surface area contributed by atoms with Gasteiger partial charge in [0.1, 0.15) is 0 Å². The van der Waals surface area contributed by atoms with Crippen LogP contribution >= 0.6 is 0 Å². The summed E-state index contributed by atoms with van der Waals surface area (Å²) in [6, 6.07) is 2.08. The van der Waals surface area contributed by atoms with E-state index in [1.807, 2.05) is 13.2 Å². The molecule has 0 radical (unpaired) electrons. The second kappa shape index (κ2) is 3.66. The summed E-state index contributed by atoms with van der Waals surface area (Å²) in [6.07, 6.45) is 3.66. The summed E-state index contributed by atoms with van der Waals surface area (Å²) < 4.78 is 1.64. The minimum Gasteiger partial charge on any atom is -0.264 e. The van der Waals surface area contributed by atoms with Crippen molar-refractivity contribution in [2.75, 3.05) is 0 Å². The molecule has 0 unspecified atom stereocenters. The highest BCUT2D eigenvalue weighted by Crippen LogP contribution is 2.24. The summed E-state index contributed by atoms with van der Waals surface area (Å²) in [7, 11) is 1.82. The van der Waals surface area contributed by atoms with Gasteiger partial charge in [-0.1, -0.05) is 20.8 Å². The van der Waals surface area contributed by atoms with Crippen molar-refractivity contribution in [3.8, 4) is 11.4 Å². The summed E-state index contributed by atoms with van der Waals surface area (Å²) in [4.78, 5) is 4.24. The van der Waals surface area contributed by atoms with Gasteiger partial charge in [0.25, 0.3) is 0 Å². The van der Waals surface area contributed by atoms with Gasteiger partial charge in [-0.15, -0.1) is 5.10 Å². The number of hydrogen-bond donors (Lipinski definition) is 0. The minimum atomic E-state index is 0.0784. The second-order valence-corrected chi connectivity index (χ2v) is 4.84. The third-order valence-corrected chi connectivity index (χ3v) is 2.48. The van der Waals surface area contributed by atoms with E-state index in [1.165, 1.54) is 5.56 Å². The molecule has 5 heteroatoms. The zero-order valence-corrected chi connectivity index (χ0v) is 9.97. The normalized spacial score (nSPS) is 11.8. The Balaban J connectivity index is 2.49. The third-order valence-electron chi connectivity index (χ3n) is 2.48. The van der Waals surface area contributed by atoms with Crippen molar-refractivity contribution in [1.29, 1.82) is 0 Å². The molecule has 0 aliphatic carbocycles. The molecule has 0 aromatic carbocycles. The predicted octanol–water partition coefficient (Wildman–Crippen LogP) is 1.57. The number of rotatable bonds is 1. The molecule has 0 saturated heterocycles. The van der Waals surface area contributed by atoms with Crippen molar-refractivity contribution in [2.24, 2.45) is 7.05 Å². The maximum atomic E-state index is 4.24. The van der Waals surface area contributed by atoms with E-state index in [2.05, 4.69) is 47.3 Å². The van der Waals surface area contributed by atoms with Gasteiger partial charge >= 0.3 is 0 Å². The third kappa shape index (κ3) is 1.93. The van der Waals surface area contributed by atoms with E-state index in [4.69, 9.17) is 0 Å². The van der Waals surface area contributed by atoms with E-state index < -0.39 is 0 Å². The van der Waals surface area contributed by atoms with Gasteiger partial charge in [-0.05, 0) is 27.5 Å². The van der Waals surface area contributed by atoms with Crippen LogP contribution in [-0.4, -0.2) is 25.2 Å².